The number of carboxylic acid groups (broad SMARTS) is 1. The van der Waals surface area contributed by atoms with Crippen molar-refractivity contribution in [2.45, 2.75) is 16.2 Å². The van der Waals surface area contributed by atoms with Gasteiger partial charge in [-0.05, 0) is 35.9 Å². The fourth-order valence-corrected chi connectivity index (χ4v) is 2.81. The Labute approximate surface area is 137 Å². The van der Waals surface area contributed by atoms with E-state index in [1.54, 1.807) is 30.3 Å². The molecule has 2 aromatic carbocycles. The summed E-state index contributed by atoms with van der Waals surface area (Å²) in [6.07, 6.45) is -0.0195. The molecule has 0 saturated carbocycles. The zero-order chi connectivity index (χ0) is 16.8. The molecule has 0 spiro atoms. The van der Waals surface area contributed by atoms with Crippen LogP contribution in [0.15, 0.2) is 52.3 Å². The minimum Gasteiger partial charge on any atom is -0.481 e. The van der Waals surface area contributed by atoms with Crippen molar-refractivity contribution in [1.82, 2.24) is 0 Å². The minimum atomic E-state index is -0.875. The van der Waals surface area contributed by atoms with E-state index in [1.807, 2.05) is 18.2 Å². The van der Waals surface area contributed by atoms with Crippen molar-refractivity contribution in [3.63, 3.8) is 0 Å². The lowest BCUT2D eigenvalue weighted by Crippen LogP contribution is -2.04. The molecule has 1 N–H and O–H groups in total. The molecule has 0 aliphatic carbocycles. The zero-order valence-corrected chi connectivity index (χ0v) is 13.1. The summed E-state index contributed by atoms with van der Waals surface area (Å²) in [7, 11) is 1.27. The van der Waals surface area contributed by atoms with Gasteiger partial charge in [-0.1, -0.05) is 23.9 Å². The maximum Gasteiger partial charge on any atom is 0.339 e. The topological polar surface area (TPSA) is 87.4 Å². The second-order valence-corrected chi connectivity index (χ2v) is 5.77. The Bertz CT molecular complexity index is 778. The van der Waals surface area contributed by atoms with Crippen LogP contribution in [0.4, 0.5) is 0 Å². The van der Waals surface area contributed by atoms with Crippen LogP contribution in [-0.2, 0) is 16.0 Å². The van der Waals surface area contributed by atoms with Crippen LogP contribution >= 0.6 is 11.8 Å². The Morgan fingerprint density at radius 1 is 1.17 bits per heavy atom. The number of hydrogen-bond donors (Lipinski definition) is 1. The Hall–Kier alpha value is -2.78. The zero-order valence-electron chi connectivity index (χ0n) is 12.3. The predicted molar refractivity (Wildman–Crippen MR) is 84.4 cm³/mol. The second kappa shape index (κ2) is 7.47. The first-order chi connectivity index (χ1) is 11.0. The molecule has 6 heteroatoms. The van der Waals surface area contributed by atoms with Crippen molar-refractivity contribution in [3.8, 4) is 6.07 Å². The van der Waals surface area contributed by atoms with Gasteiger partial charge in [0.05, 0.1) is 24.7 Å². The monoisotopic (exact) mass is 327 g/mol. The summed E-state index contributed by atoms with van der Waals surface area (Å²) in [5.41, 5.74) is 1.21. The fourth-order valence-electron chi connectivity index (χ4n) is 1.95. The number of rotatable bonds is 5. The number of carbonyl (C=O) groups excluding carboxylic acids is 1. The Balaban J connectivity index is 2.21. The van der Waals surface area contributed by atoms with Crippen LogP contribution in [0.2, 0.25) is 0 Å². The molecule has 0 aliphatic heterocycles. The van der Waals surface area contributed by atoms with E-state index in [1.165, 1.54) is 18.9 Å². The lowest BCUT2D eigenvalue weighted by molar-refractivity contribution is -0.136. The van der Waals surface area contributed by atoms with Gasteiger partial charge in [0.2, 0.25) is 0 Å². The first kappa shape index (κ1) is 16.6. The van der Waals surface area contributed by atoms with Crippen LogP contribution in [0.1, 0.15) is 21.5 Å². The van der Waals surface area contributed by atoms with Crippen LogP contribution in [0, 0.1) is 11.3 Å². The van der Waals surface area contributed by atoms with Gasteiger partial charge in [0.25, 0.3) is 0 Å². The highest BCUT2D eigenvalue weighted by atomic mass is 32.2. The summed E-state index contributed by atoms with van der Waals surface area (Å²) >= 11 is 1.41. The number of aliphatic carboxylic acids is 1. The van der Waals surface area contributed by atoms with E-state index in [0.29, 0.717) is 0 Å². The number of carbonyl (C=O) groups is 2. The van der Waals surface area contributed by atoms with Gasteiger partial charge < -0.3 is 9.84 Å². The van der Waals surface area contributed by atoms with E-state index in [4.69, 9.17) is 10.4 Å². The summed E-state index contributed by atoms with van der Waals surface area (Å²) in [6.45, 7) is 0. The summed E-state index contributed by atoms with van der Waals surface area (Å²) in [5.74, 6) is -1.43. The Morgan fingerprint density at radius 3 is 2.39 bits per heavy atom. The molecule has 2 rings (SSSR count). The number of methoxy groups -OCH3 is 1. The van der Waals surface area contributed by atoms with E-state index in [2.05, 4.69) is 4.74 Å². The van der Waals surface area contributed by atoms with Gasteiger partial charge in [-0.3, -0.25) is 4.79 Å². The SMILES string of the molecule is COC(=O)c1cc(Sc2ccc(CC(=O)O)cc2)ccc1C#N. The van der Waals surface area contributed by atoms with Gasteiger partial charge in [-0.25, -0.2) is 4.79 Å². The summed E-state index contributed by atoms with van der Waals surface area (Å²) < 4.78 is 4.68. The van der Waals surface area contributed by atoms with E-state index < -0.39 is 11.9 Å². The Kier molecular flexibility index (Phi) is 5.39. The smallest absolute Gasteiger partial charge is 0.339 e. The van der Waals surface area contributed by atoms with Crippen molar-refractivity contribution in [3.05, 3.63) is 59.2 Å². The van der Waals surface area contributed by atoms with Crippen LogP contribution in [-0.4, -0.2) is 24.2 Å². The van der Waals surface area contributed by atoms with Crippen molar-refractivity contribution < 1.29 is 19.4 Å². The third-order valence-electron chi connectivity index (χ3n) is 3.03. The van der Waals surface area contributed by atoms with Crippen molar-refractivity contribution >= 4 is 23.7 Å². The van der Waals surface area contributed by atoms with E-state index in [0.717, 1.165) is 15.4 Å². The molecule has 0 aliphatic rings. The summed E-state index contributed by atoms with van der Waals surface area (Å²) in [5, 5.41) is 17.8. The highest BCUT2D eigenvalue weighted by Crippen LogP contribution is 2.29. The molecule has 0 atom stereocenters. The van der Waals surface area contributed by atoms with E-state index >= 15 is 0 Å². The van der Waals surface area contributed by atoms with Gasteiger partial charge >= 0.3 is 11.9 Å². The van der Waals surface area contributed by atoms with E-state index in [-0.39, 0.29) is 17.5 Å². The molecule has 0 radical (unpaired) electrons. The molecule has 0 amide bonds. The van der Waals surface area contributed by atoms with Crippen LogP contribution < -0.4 is 0 Å². The molecule has 0 unspecified atom stereocenters. The number of hydrogen-bond acceptors (Lipinski definition) is 5. The number of nitrogens with zero attached hydrogens (tertiary/aromatic N) is 1. The molecule has 2 aromatic rings. The fraction of sp³-hybridized carbons (Fsp3) is 0.118. The third kappa shape index (κ3) is 4.34. The average molecular weight is 327 g/mol. The van der Waals surface area contributed by atoms with Crippen LogP contribution in [0.5, 0.6) is 0 Å². The van der Waals surface area contributed by atoms with Crippen molar-refractivity contribution in [2.75, 3.05) is 7.11 Å². The molecule has 5 nitrogen and oxygen atoms in total. The largest absolute Gasteiger partial charge is 0.481 e. The third-order valence-corrected chi connectivity index (χ3v) is 4.03. The van der Waals surface area contributed by atoms with Gasteiger partial charge in [-0.15, -0.1) is 0 Å². The maximum atomic E-state index is 11.7. The molecule has 0 saturated heterocycles. The van der Waals surface area contributed by atoms with Crippen LogP contribution in [0.3, 0.4) is 0 Å². The Morgan fingerprint density at radius 2 is 1.83 bits per heavy atom. The van der Waals surface area contributed by atoms with Gasteiger partial charge in [0.1, 0.15) is 6.07 Å². The van der Waals surface area contributed by atoms with Gasteiger partial charge in [0, 0.05) is 9.79 Å². The van der Waals surface area contributed by atoms with Gasteiger partial charge in [0.15, 0.2) is 0 Å². The van der Waals surface area contributed by atoms with Crippen molar-refractivity contribution in [1.29, 1.82) is 5.26 Å². The summed E-state index contributed by atoms with van der Waals surface area (Å²) in [4.78, 5) is 24.1. The molecule has 116 valence electrons. The summed E-state index contributed by atoms with van der Waals surface area (Å²) in [6, 6.07) is 14.0. The lowest BCUT2D eigenvalue weighted by Gasteiger charge is -2.06. The number of ether oxygens (including phenoxy) is 1. The predicted octanol–water partition coefficient (Wildman–Crippen LogP) is 3.12. The number of carboxylic acids is 1. The quantitative estimate of drug-likeness (QED) is 0.849. The first-order valence-electron chi connectivity index (χ1n) is 6.64. The van der Waals surface area contributed by atoms with E-state index in [9.17, 15) is 9.59 Å². The molecule has 0 aromatic heterocycles. The maximum absolute atomic E-state index is 11.7. The molecule has 0 heterocycles. The van der Waals surface area contributed by atoms with Gasteiger partial charge in [-0.2, -0.15) is 5.26 Å². The highest BCUT2D eigenvalue weighted by molar-refractivity contribution is 7.99. The molecular weight excluding hydrogens is 314 g/mol. The highest BCUT2D eigenvalue weighted by Gasteiger charge is 2.13. The first-order valence-corrected chi connectivity index (χ1v) is 7.46. The number of esters is 1. The molecule has 23 heavy (non-hydrogen) atoms. The standard InChI is InChI=1S/C17H13NO4S/c1-22-17(21)15-9-14(7-4-12(15)10-18)23-13-5-2-11(3-6-13)8-16(19)20/h2-7,9H,8H2,1H3,(H,19,20). The normalized spacial score (nSPS) is 9.91. The molecular formula is C17H13NO4S. The van der Waals surface area contributed by atoms with Crippen molar-refractivity contribution in [2.24, 2.45) is 0 Å². The second-order valence-electron chi connectivity index (χ2n) is 4.63. The molecule has 0 fully saturated rings. The molecule has 0 bridgehead atoms. The van der Waals surface area contributed by atoms with Crippen LogP contribution in [0.25, 0.3) is 0 Å². The average Bonchev–Trinajstić information content (AvgIpc) is 2.55. The number of benzene rings is 2. The lowest BCUT2D eigenvalue weighted by atomic mass is 10.1. The minimum absolute atomic E-state index is 0.0195. The number of nitriles is 1.